The Morgan fingerprint density at radius 3 is 2.41 bits per heavy atom. The third-order valence-electron chi connectivity index (χ3n) is 4.11. The van der Waals surface area contributed by atoms with E-state index in [4.69, 9.17) is 5.84 Å². The van der Waals surface area contributed by atoms with E-state index in [0.29, 0.717) is 16.5 Å². The first kappa shape index (κ1) is 20.6. The Hall–Kier alpha value is -3.14. The van der Waals surface area contributed by atoms with Crippen LogP contribution in [-0.4, -0.2) is 39.7 Å². The largest absolute Gasteiger partial charge is 0.435 e. The maximum atomic E-state index is 12.7. The van der Waals surface area contributed by atoms with Crippen LogP contribution in [0.4, 0.5) is 14.5 Å². The maximum absolute atomic E-state index is 12.7. The molecule has 3 aromatic rings. The summed E-state index contributed by atoms with van der Waals surface area (Å²) in [5.41, 5.74) is 1.36. The fourth-order valence-corrected chi connectivity index (χ4v) is 3.46. The molecule has 0 aliphatic rings. The van der Waals surface area contributed by atoms with Gasteiger partial charge in [-0.3, -0.25) is 4.79 Å². The number of aromatic nitrogens is 3. The van der Waals surface area contributed by atoms with Crippen molar-refractivity contribution in [1.82, 2.24) is 14.9 Å². The zero-order valence-corrected chi connectivity index (χ0v) is 16.5. The van der Waals surface area contributed by atoms with Gasteiger partial charge in [-0.05, 0) is 43.3 Å². The highest BCUT2D eigenvalue weighted by molar-refractivity contribution is 8.00. The number of nitrogens with zero attached hydrogens (tertiary/aromatic N) is 4. The van der Waals surface area contributed by atoms with Gasteiger partial charge >= 0.3 is 6.61 Å². The molecule has 0 bridgehead atoms. The van der Waals surface area contributed by atoms with E-state index in [9.17, 15) is 13.6 Å². The SMILES string of the molecule is CC(Sc1nnc(-c2ccc(OC(F)F)cc2)n1N)C(=O)N(C)c1ccccc1. The number of halogens is 2. The van der Waals surface area contributed by atoms with Crippen molar-refractivity contribution in [2.24, 2.45) is 0 Å². The summed E-state index contributed by atoms with van der Waals surface area (Å²) in [4.78, 5) is 14.3. The number of carbonyl (C=O) groups excluding carboxylic acids is 1. The molecule has 1 heterocycles. The van der Waals surface area contributed by atoms with E-state index in [1.54, 1.807) is 31.0 Å². The van der Waals surface area contributed by atoms with Gasteiger partial charge in [0.15, 0.2) is 5.82 Å². The molecule has 7 nitrogen and oxygen atoms in total. The van der Waals surface area contributed by atoms with E-state index in [1.807, 2.05) is 30.3 Å². The van der Waals surface area contributed by atoms with Crippen LogP contribution >= 0.6 is 11.8 Å². The number of hydrogen-bond acceptors (Lipinski definition) is 6. The van der Waals surface area contributed by atoms with Crippen LogP contribution in [0.3, 0.4) is 0 Å². The van der Waals surface area contributed by atoms with Gasteiger partial charge in [0.05, 0.1) is 5.25 Å². The van der Waals surface area contributed by atoms with Crippen molar-refractivity contribution in [3.8, 4) is 17.1 Å². The monoisotopic (exact) mass is 419 g/mol. The van der Waals surface area contributed by atoms with E-state index in [1.165, 1.54) is 28.6 Å². The van der Waals surface area contributed by atoms with Gasteiger partial charge in [-0.1, -0.05) is 30.0 Å². The maximum Gasteiger partial charge on any atom is 0.387 e. The minimum Gasteiger partial charge on any atom is -0.435 e. The van der Waals surface area contributed by atoms with Crippen LogP contribution in [0.1, 0.15) is 6.92 Å². The molecule has 0 aliphatic carbocycles. The highest BCUT2D eigenvalue weighted by Crippen LogP contribution is 2.27. The van der Waals surface area contributed by atoms with Crippen LogP contribution < -0.4 is 15.5 Å². The quantitative estimate of drug-likeness (QED) is 0.467. The predicted molar refractivity (Wildman–Crippen MR) is 107 cm³/mol. The Kier molecular flexibility index (Phi) is 6.32. The number of rotatable bonds is 7. The van der Waals surface area contributed by atoms with Crippen molar-refractivity contribution in [3.05, 3.63) is 54.6 Å². The number of nitrogens with two attached hydrogens (primary N) is 1. The Balaban J connectivity index is 1.71. The van der Waals surface area contributed by atoms with Crippen LogP contribution in [0.25, 0.3) is 11.4 Å². The molecule has 3 rings (SSSR count). The van der Waals surface area contributed by atoms with Crippen LogP contribution in [0, 0.1) is 0 Å². The van der Waals surface area contributed by atoms with E-state index >= 15 is 0 Å². The molecule has 0 radical (unpaired) electrons. The lowest BCUT2D eigenvalue weighted by atomic mass is 10.2. The molecule has 1 atom stereocenters. The van der Waals surface area contributed by atoms with Crippen LogP contribution in [0.5, 0.6) is 5.75 Å². The number of hydrogen-bond donors (Lipinski definition) is 1. The summed E-state index contributed by atoms with van der Waals surface area (Å²) in [5.74, 6) is 6.34. The van der Waals surface area contributed by atoms with Crippen molar-refractivity contribution < 1.29 is 18.3 Å². The normalized spacial score (nSPS) is 12.0. The first-order chi connectivity index (χ1) is 13.9. The lowest BCUT2D eigenvalue weighted by Gasteiger charge is -2.20. The minimum atomic E-state index is -2.89. The van der Waals surface area contributed by atoms with Crippen molar-refractivity contribution in [2.45, 2.75) is 23.9 Å². The molecule has 2 aromatic carbocycles. The number of ether oxygens (including phenoxy) is 1. The number of para-hydroxylation sites is 1. The third-order valence-corrected chi connectivity index (χ3v) is 5.15. The lowest BCUT2D eigenvalue weighted by Crippen LogP contribution is -2.33. The summed E-state index contributed by atoms with van der Waals surface area (Å²) in [6.07, 6.45) is 0. The number of amides is 1. The highest BCUT2D eigenvalue weighted by Gasteiger charge is 2.23. The van der Waals surface area contributed by atoms with E-state index < -0.39 is 11.9 Å². The summed E-state index contributed by atoms with van der Waals surface area (Å²) >= 11 is 1.18. The zero-order valence-electron chi connectivity index (χ0n) is 15.7. The average Bonchev–Trinajstić information content (AvgIpc) is 3.08. The highest BCUT2D eigenvalue weighted by atomic mass is 32.2. The molecule has 1 amide bonds. The van der Waals surface area contributed by atoms with Gasteiger partial charge < -0.3 is 15.5 Å². The van der Waals surface area contributed by atoms with Crippen LogP contribution in [-0.2, 0) is 4.79 Å². The number of benzene rings is 2. The molecule has 1 aromatic heterocycles. The Bertz CT molecular complexity index is 966. The summed E-state index contributed by atoms with van der Waals surface area (Å²) in [7, 11) is 1.70. The molecule has 1 unspecified atom stereocenters. The lowest BCUT2D eigenvalue weighted by molar-refractivity contribution is -0.117. The average molecular weight is 419 g/mol. The van der Waals surface area contributed by atoms with Gasteiger partial charge in [-0.15, -0.1) is 10.2 Å². The van der Waals surface area contributed by atoms with E-state index in [-0.39, 0.29) is 11.7 Å². The Morgan fingerprint density at radius 1 is 1.14 bits per heavy atom. The molecule has 0 spiro atoms. The van der Waals surface area contributed by atoms with Crippen molar-refractivity contribution in [1.29, 1.82) is 0 Å². The van der Waals surface area contributed by atoms with Crippen molar-refractivity contribution >= 4 is 23.4 Å². The zero-order chi connectivity index (χ0) is 21.0. The second-order valence-electron chi connectivity index (χ2n) is 6.07. The Morgan fingerprint density at radius 2 is 1.79 bits per heavy atom. The molecule has 0 fully saturated rings. The topological polar surface area (TPSA) is 86.3 Å². The smallest absolute Gasteiger partial charge is 0.387 e. The van der Waals surface area contributed by atoms with Gasteiger partial charge in [-0.2, -0.15) is 8.78 Å². The van der Waals surface area contributed by atoms with Crippen LogP contribution in [0.2, 0.25) is 0 Å². The predicted octanol–water partition coefficient (Wildman–Crippen LogP) is 3.40. The van der Waals surface area contributed by atoms with Crippen LogP contribution in [0.15, 0.2) is 59.8 Å². The molecule has 2 N–H and O–H groups in total. The number of carbonyl (C=O) groups is 1. The second-order valence-corrected chi connectivity index (χ2v) is 7.38. The van der Waals surface area contributed by atoms with Gasteiger partial charge in [0.25, 0.3) is 0 Å². The number of nitrogen functional groups attached to an aromatic ring is 1. The fraction of sp³-hybridized carbons (Fsp3) is 0.211. The van der Waals surface area contributed by atoms with E-state index in [2.05, 4.69) is 14.9 Å². The molecule has 0 saturated heterocycles. The van der Waals surface area contributed by atoms with E-state index in [0.717, 1.165) is 5.69 Å². The molecule has 152 valence electrons. The number of anilines is 1. The van der Waals surface area contributed by atoms with Gasteiger partial charge in [-0.25, -0.2) is 4.68 Å². The van der Waals surface area contributed by atoms with Crippen molar-refractivity contribution in [3.63, 3.8) is 0 Å². The first-order valence-corrected chi connectivity index (χ1v) is 9.49. The fourth-order valence-electron chi connectivity index (χ4n) is 2.60. The second kappa shape index (κ2) is 8.91. The third kappa shape index (κ3) is 4.83. The standard InChI is InChI=1S/C19H19F2N5O2S/c1-12(17(27)25(2)14-6-4-3-5-7-14)29-19-24-23-16(26(19)22)13-8-10-15(11-9-13)28-18(20)21/h3-12,18H,22H2,1-2H3. The molecule has 29 heavy (non-hydrogen) atoms. The molecular formula is C19H19F2N5O2S. The van der Waals surface area contributed by atoms with Gasteiger partial charge in [0.1, 0.15) is 5.75 Å². The van der Waals surface area contributed by atoms with Gasteiger partial charge in [0.2, 0.25) is 11.1 Å². The first-order valence-electron chi connectivity index (χ1n) is 8.62. The minimum absolute atomic E-state index is 0.0320. The number of alkyl halides is 2. The Labute approximate surface area is 170 Å². The summed E-state index contributed by atoms with van der Waals surface area (Å²) in [6.45, 7) is -1.13. The van der Waals surface area contributed by atoms with Crippen molar-refractivity contribution in [2.75, 3.05) is 17.8 Å². The summed E-state index contributed by atoms with van der Waals surface area (Å²) in [6, 6.07) is 15.2. The molecule has 0 aliphatic heterocycles. The molecule has 0 saturated carbocycles. The van der Waals surface area contributed by atoms with Gasteiger partial charge in [0, 0.05) is 18.3 Å². The summed E-state index contributed by atoms with van der Waals surface area (Å²) in [5, 5.41) is 7.99. The number of thioether (sulfide) groups is 1. The molecular weight excluding hydrogens is 400 g/mol. The summed E-state index contributed by atoms with van der Waals surface area (Å²) < 4.78 is 30.1. The molecule has 10 heteroatoms.